The van der Waals surface area contributed by atoms with E-state index in [0.717, 1.165) is 24.9 Å². The van der Waals surface area contributed by atoms with Crippen LogP contribution in [0.1, 0.15) is 62.8 Å². The molecule has 2 saturated heterocycles. The van der Waals surface area contributed by atoms with Gasteiger partial charge in [0, 0.05) is 24.8 Å². The van der Waals surface area contributed by atoms with E-state index in [9.17, 15) is 9.59 Å². The molecule has 2 N–H and O–H groups in total. The van der Waals surface area contributed by atoms with Gasteiger partial charge in [-0.1, -0.05) is 37.8 Å². The number of benzene rings is 1. The zero-order valence-electron chi connectivity index (χ0n) is 15.4. The number of likely N-dealkylation sites (tertiary alicyclic amines) is 1. The number of amides is 3. The van der Waals surface area contributed by atoms with Gasteiger partial charge in [0.2, 0.25) is 5.91 Å². The lowest BCUT2D eigenvalue weighted by atomic mass is 9.84. The highest BCUT2D eigenvalue weighted by Crippen LogP contribution is 2.33. The Hall–Kier alpha value is -2.04. The van der Waals surface area contributed by atoms with Crippen molar-refractivity contribution in [3.63, 3.8) is 0 Å². The van der Waals surface area contributed by atoms with Gasteiger partial charge in [-0.3, -0.25) is 4.79 Å². The van der Waals surface area contributed by atoms with E-state index in [1.165, 1.54) is 37.7 Å². The van der Waals surface area contributed by atoms with Crippen molar-refractivity contribution in [2.45, 2.75) is 63.3 Å². The van der Waals surface area contributed by atoms with Gasteiger partial charge < -0.3 is 15.5 Å². The first-order valence-corrected chi connectivity index (χ1v) is 10.2. The second kappa shape index (κ2) is 7.68. The molecule has 0 unspecified atom stereocenters. The van der Waals surface area contributed by atoms with Crippen molar-refractivity contribution in [1.29, 1.82) is 0 Å². The molecule has 1 aliphatic carbocycles. The molecule has 1 aromatic rings. The molecule has 5 heteroatoms. The number of hydrogen-bond donors (Lipinski definition) is 2. The number of urea groups is 1. The molecule has 26 heavy (non-hydrogen) atoms. The maximum Gasteiger partial charge on any atom is 0.321 e. The second-order valence-electron chi connectivity index (χ2n) is 8.13. The van der Waals surface area contributed by atoms with Crippen molar-refractivity contribution in [3.8, 4) is 0 Å². The number of anilines is 1. The average Bonchev–Trinajstić information content (AvgIpc) is 2.91. The van der Waals surface area contributed by atoms with Crippen molar-refractivity contribution < 1.29 is 9.59 Å². The largest absolute Gasteiger partial charge is 0.351 e. The summed E-state index contributed by atoms with van der Waals surface area (Å²) in [5, 5.41) is 6.09. The molecule has 0 radical (unpaired) electrons. The molecule has 3 amide bonds. The second-order valence-corrected chi connectivity index (χ2v) is 8.13. The molecule has 140 valence electrons. The van der Waals surface area contributed by atoms with Gasteiger partial charge in [-0.05, 0) is 49.3 Å². The molecule has 1 saturated carbocycles. The number of carbonyl (C=O) groups is 2. The Balaban J connectivity index is 1.39. The van der Waals surface area contributed by atoms with Gasteiger partial charge in [0.1, 0.15) is 0 Å². The van der Waals surface area contributed by atoms with Crippen LogP contribution in [-0.2, 0) is 4.79 Å². The number of hydrogen-bond acceptors (Lipinski definition) is 2. The van der Waals surface area contributed by atoms with Gasteiger partial charge in [0.05, 0.1) is 5.92 Å². The Kier molecular flexibility index (Phi) is 5.14. The molecule has 2 bridgehead atoms. The first-order valence-electron chi connectivity index (χ1n) is 10.2. The summed E-state index contributed by atoms with van der Waals surface area (Å²) in [5.41, 5.74) is 2.23. The van der Waals surface area contributed by atoms with Crippen LogP contribution in [0.25, 0.3) is 0 Å². The van der Waals surface area contributed by atoms with Gasteiger partial charge in [0.15, 0.2) is 0 Å². The summed E-state index contributed by atoms with van der Waals surface area (Å²) in [7, 11) is 0. The van der Waals surface area contributed by atoms with Gasteiger partial charge >= 0.3 is 6.03 Å². The summed E-state index contributed by atoms with van der Waals surface area (Å²) in [5.74, 6) is 0.720. The lowest BCUT2D eigenvalue weighted by Gasteiger charge is -2.27. The lowest BCUT2D eigenvalue weighted by Crippen LogP contribution is -2.43. The van der Waals surface area contributed by atoms with Crippen LogP contribution in [0.5, 0.6) is 0 Å². The fourth-order valence-electron chi connectivity index (χ4n) is 4.69. The highest BCUT2D eigenvalue weighted by Gasteiger charge is 2.34. The van der Waals surface area contributed by atoms with E-state index in [1.54, 1.807) is 4.90 Å². The molecular weight excluding hydrogens is 326 g/mol. The zero-order chi connectivity index (χ0) is 17.9. The SMILES string of the molecule is O=C1N[C@H]2CCC[C@@H]1CN(C(=O)Nc1ccc(C3CCCCC3)cc1)C2. The van der Waals surface area contributed by atoms with E-state index in [1.807, 2.05) is 12.1 Å². The minimum Gasteiger partial charge on any atom is -0.351 e. The van der Waals surface area contributed by atoms with E-state index in [0.29, 0.717) is 19.0 Å². The maximum absolute atomic E-state index is 12.7. The molecular formula is C21H29N3O2. The average molecular weight is 355 g/mol. The number of carbonyl (C=O) groups excluding carboxylic acids is 2. The fourth-order valence-corrected chi connectivity index (χ4v) is 4.69. The van der Waals surface area contributed by atoms with Gasteiger partial charge in [0.25, 0.3) is 0 Å². The minimum absolute atomic E-state index is 0.0677. The minimum atomic E-state index is -0.0937. The lowest BCUT2D eigenvalue weighted by molar-refractivity contribution is -0.124. The van der Waals surface area contributed by atoms with Gasteiger partial charge in [-0.15, -0.1) is 0 Å². The smallest absolute Gasteiger partial charge is 0.321 e. The predicted octanol–water partition coefficient (Wildman–Crippen LogP) is 3.87. The molecule has 0 spiro atoms. The third-order valence-corrected chi connectivity index (χ3v) is 6.23. The normalized spacial score (nSPS) is 26.8. The van der Waals surface area contributed by atoms with Crippen LogP contribution in [0.15, 0.2) is 24.3 Å². The topological polar surface area (TPSA) is 61.4 Å². The molecule has 3 fully saturated rings. The van der Waals surface area contributed by atoms with Crippen LogP contribution in [0, 0.1) is 5.92 Å². The van der Waals surface area contributed by atoms with Crippen LogP contribution < -0.4 is 10.6 Å². The predicted molar refractivity (Wildman–Crippen MR) is 102 cm³/mol. The Bertz CT molecular complexity index is 652. The summed E-state index contributed by atoms with van der Waals surface area (Å²) in [6.07, 6.45) is 9.48. The maximum atomic E-state index is 12.7. The Morgan fingerprint density at radius 3 is 2.42 bits per heavy atom. The Morgan fingerprint density at radius 2 is 1.65 bits per heavy atom. The molecule has 2 heterocycles. The molecule has 2 atom stereocenters. The van der Waals surface area contributed by atoms with E-state index >= 15 is 0 Å². The van der Waals surface area contributed by atoms with E-state index in [2.05, 4.69) is 22.8 Å². The van der Waals surface area contributed by atoms with Crippen LogP contribution in [-0.4, -0.2) is 36.0 Å². The third kappa shape index (κ3) is 3.87. The molecule has 4 rings (SSSR count). The quantitative estimate of drug-likeness (QED) is 0.846. The van der Waals surface area contributed by atoms with E-state index in [4.69, 9.17) is 0 Å². The standard InChI is InChI=1S/C21H29N3O2/c25-20-17-7-4-8-19(22-20)14-24(13-17)21(26)23-18-11-9-16(10-12-18)15-5-2-1-3-6-15/h9-12,15,17,19H,1-8,13-14H2,(H,22,25)(H,23,26)/t17-,19+/m1/s1. The first-order chi connectivity index (χ1) is 12.7. The van der Waals surface area contributed by atoms with E-state index < -0.39 is 0 Å². The summed E-state index contributed by atoms with van der Waals surface area (Å²) >= 11 is 0. The summed E-state index contributed by atoms with van der Waals surface area (Å²) in [4.78, 5) is 26.7. The van der Waals surface area contributed by atoms with Gasteiger partial charge in [-0.2, -0.15) is 0 Å². The zero-order valence-corrected chi connectivity index (χ0v) is 15.4. The monoisotopic (exact) mass is 355 g/mol. The van der Waals surface area contributed by atoms with Crippen molar-refractivity contribution in [2.24, 2.45) is 5.92 Å². The number of fused-ring (bicyclic) bond motifs is 3. The van der Waals surface area contributed by atoms with E-state index in [-0.39, 0.29) is 23.9 Å². The van der Waals surface area contributed by atoms with Gasteiger partial charge in [-0.25, -0.2) is 4.79 Å². The third-order valence-electron chi connectivity index (χ3n) is 6.23. The van der Waals surface area contributed by atoms with Crippen molar-refractivity contribution >= 4 is 17.6 Å². The highest BCUT2D eigenvalue weighted by atomic mass is 16.2. The van der Waals surface area contributed by atoms with Crippen LogP contribution in [0.3, 0.4) is 0 Å². The van der Waals surface area contributed by atoms with Crippen molar-refractivity contribution in [2.75, 3.05) is 18.4 Å². The summed E-state index contributed by atoms with van der Waals surface area (Å²) in [6, 6.07) is 8.35. The molecule has 1 aromatic carbocycles. The molecule has 0 aromatic heterocycles. The summed E-state index contributed by atoms with van der Waals surface area (Å²) < 4.78 is 0. The number of nitrogens with one attached hydrogen (secondary N) is 2. The number of rotatable bonds is 2. The Labute approximate surface area is 155 Å². The van der Waals surface area contributed by atoms with Crippen LogP contribution >= 0.6 is 0 Å². The Morgan fingerprint density at radius 1 is 0.923 bits per heavy atom. The fraction of sp³-hybridized carbons (Fsp3) is 0.619. The van der Waals surface area contributed by atoms with Crippen LogP contribution in [0.4, 0.5) is 10.5 Å². The number of nitrogens with zero attached hydrogens (tertiary/aromatic N) is 1. The van der Waals surface area contributed by atoms with Crippen LogP contribution in [0.2, 0.25) is 0 Å². The molecule has 2 aliphatic heterocycles. The first kappa shape index (κ1) is 17.4. The molecule has 5 nitrogen and oxygen atoms in total. The van der Waals surface area contributed by atoms with Crippen molar-refractivity contribution in [1.82, 2.24) is 10.2 Å². The highest BCUT2D eigenvalue weighted by molar-refractivity contribution is 5.90. The van der Waals surface area contributed by atoms with Crippen molar-refractivity contribution in [3.05, 3.63) is 29.8 Å². The summed E-state index contributed by atoms with van der Waals surface area (Å²) in [6.45, 7) is 1.13. The molecule has 3 aliphatic rings.